The molecule has 1 amide bonds. The number of hydrogen-bond acceptors (Lipinski definition) is 7. The molecule has 0 bridgehead atoms. The maximum absolute atomic E-state index is 13.5. The average Bonchev–Trinajstić information content (AvgIpc) is 3.41. The van der Waals surface area contributed by atoms with E-state index in [9.17, 15) is 4.79 Å². The van der Waals surface area contributed by atoms with Crippen LogP contribution in [0.3, 0.4) is 0 Å². The Balaban J connectivity index is 1.30. The van der Waals surface area contributed by atoms with Gasteiger partial charge in [0.25, 0.3) is 5.91 Å². The largest absolute Gasteiger partial charge is 0.451 e. The summed E-state index contributed by atoms with van der Waals surface area (Å²) in [6.07, 6.45) is 0. The van der Waals surface area contributed by atoms with Gasteiger partial charge in [-0.15, -0.1) is 10.2 Å². The van der Waals surface area contributed by atoms with Crippen molar-refractivity contribution in [1.29, 1.82) is 0 Å². The molecule has 5 rings (SSSR count). The predicted octanol–water partition coefficient (Wildman–Crippen LogP) is 5.50. The number of nitrogens with zero attached hydrogens (tertiary/aromatic N) is 4. The van der Waals surface area contributed by atoms with E-state index in [1.54, 1.807) is 23.1 Å². The van der Waals surface area contributed by atoms with Gasteiger partial charge in [-0.05, 0) is 30.7 Å². The lowest BCUT2D eigenvalue weighted by molar-refractivity contribution is 0.0599. The number of amides is 1. The standard InChI is InChI=1S/C24H23ClN4O2S2/c1-16-26-27-24(33-16)32-15-20-19-7-2-3-8-21(19)31-22(20)23(30)29-11-9-28(10-12-29)14-17-5-4-6-18(25)13-17/h2-8,13H,9-12,14-15H2,1H3. The lowest BCUT2D eigenvalue weighted by Gasteiger charge is -2.34. The summed E-state index contributed by atoms with van der Waals surface area (Å²) < 4.78 is 6.97. The molecule has 0 unspecified atom stereocenters. The molecule has 0 atom stereocenters. The smallest absolute Gasteiger partial charge is 0.290 e. The van der Waals surface area contributed by atoms with E-state index >= 15 is 0 Å². The normalized spacial score (nSPS) is 14.8. The second-order valence-corrected chi connectivity index (χ2v) is 10.8. The van der Waals surface area contributed by atoms with Gasteiger partial charge in [0.05, 0.1) is 0 Å². The van der Waals surface area contributed by atoms with E-state index in [0.717, 1.165) is 50.5 Å². The summed E-state index contributed by atoms with van der Waals surface area (Å²) in [4.78, 5) is 17.7. The number of benzene rings is 2. The molecule has 0 aliphatic carbocycles. The van der Waals surface area contributed by atoms with Crippen LogP contribution in [0.25, 0.3) is 11.0 Å². The van der Waals surface area contributed by atoms with E-state index in [1.165, 1.54) is 5.56 Å². The molecule has 0 spiro atoms. The van der Waals surface area contributed by atoms with E-state index in [-0.39, 0.29) is 5.91 Å². The van der Waals surface area contributed by atoms with Crippen LogP contribution in [0.15, 0.2) is 57.3 Å². The Hall–Kier alpha value is -2.39. The Labute approximate surface area is 205 Å². The van der Waals surface area contributed by atoms with Crippen molar-refractivity contribution in [2.45, 2.75) is 23.6 Å². The van der Waals surface area contributed by atoms with Gasteiger partial charge in [0.1, 0.15) is 10.6 Å². The van der Waals surface area contributed by atoms with Crippen molar-refractivity contribution in [2.24, 2.45) is 0 Å². The molecule has 1 fully saturated rings. The average molecular weight is 499 g/mol. The molecule has 3 heterocycles. The molecular formula is C24H23ClN4O2S2. The molecule has 6 nitrogen and oxygen atoms in total. The summed E-state index contributed by atoms with van der Waals surface area (Å²) >= 11 is 9.27. The van der Waals surface area contributed by atoms with E-state index in [1.807, 2.05) is 54.3 Å². The maximum atomic E-state index is 13.5. The molecular weight excluding hydrogens is 476 g/mol. The van der Waals surface area contributed by atoms with E-state index in [0.29, 0.717) is 24.6 Å². The number of carbonyl (C=O) groups is 1. The van der Waals surface area contributed by atoms with Gasteiger partial charge < -0.3 is 9.32 Å². The van der Waals surface area contributed by atoms with Crippen LogP contribution < -0.4 is 0 Å². The molecule has 9 heteroatoms. The first kappa shape index (κ1) is 22.4. The van der Waals surface area contributed by atoms with Gasteiger partial charge in [-0.3, -0.25) is 9.69 Å². The molecule has 33 heavy (non-hydrogen) atoms. The summed E-state index contributed by atoms with van der Waals surface area (Å²) in [6, 6.07) is 15.8. The number of thioether (sulfide) groups is 1. The van der Waals surface area contributed by atoms with Crippen LogP contribution in [-0.4, -0.2) is 52.1 Å². The minimum atomic E-state index is -0.0438. The highest BCUT2D eigenvalue weighted by Crippen LogP contribution is 2.34. The molecule has 1 saturated heterocycles. The Morgan fingerprint density at radius 1 is 1.12 bits per heavy atom. The highest BCUT2D eigenvalue weighted by atomic mass is 35.5. The van der Waals surface area contributed by atoms with Gasteiger partial charge in [0, 0.05) is 54.4 Å². The Morgan fingerprint density at radius 2 is 1.94 bits per heavy atom. The summed E-state index contributed by atoms with van der Waals surface area (Å²) in [5.74, 6) is 1.01. The number of para-hydroxylation sites is 1. The fraction of sp³-hybridized carbons (Fsp3) is 0.292. The number of aryl methyl sites for hydroxylation is 1. The van der Waals surface area contributed by atoms with Crippen LogP contribution in [0.1, 0.15) is 26.7 Å². The Kier molecular flexibility index (Phi) is 6.69. The molecule has 1 aliphatic rings. The second kappa shape index (κ2) is 9.85. The number of aromatic nitrogens is 2. The third-order valence-corrected chi connectivity index (χ3v) is 7.93. The molecule has 2 aromatic carbocycles. The Bertz CT molecular complexity index is 1280. The highest BCUT2D eigenvalue weighted by Gasteiger charge is 2.28. The summed E-state index contributed by atoms with van der Waals surface area (Å²) in [5, 5.41) is 11.0. The fourth-order valence-corrected chi connectivity index (χ4v) is 6.09. The summed E-state index contributed by atoms with van der Waals surface area (Å²) in [7, 11) is 0. The first-order valence-corrected chi connectivity index (χ1v) is 12.9. The molecule has 0 saturated carbocycles. The number of halogens is 1. The predicted molar refractivity (Wildman–Crippen MR) is 133 cm³/mol. The summed E-state index contributed by atoms with van der Waals surface area (Å²) in [6.45, 7) is 5.73. The lowest BCUT2D eigenvalue weighted by atomic mass is 10.1. The minimum absolute atomic E-state index is 0.0438. The van der Waals surface area contributed by atoms with Crippen molar-refractivity contribution in [1.82, 2.24) is 20.0 Å². The van der Waals surface area contributed by atoms with Gasteiger partial charge in [-0.25, -0.2) is 0 Å². The number of piperazine rings is 1. The zero-order chi connectivity index (χ0) is 22.8. The topological polar surface area (TPSA) is 62.5 Å². The number of furan rings is 1. The maximum Gasteiger partial charge on any atom is 0.290 e. The van der Waals surface area contributed by atoms with E-state index in [2.05, 4.69) is 21.2 Å². The zero-order valence-corrected chi connectivity index (χ0v) is 20.6. The van der Waals surface area contributed by atoms with E-state index < -0.39 is 0 Å². The van der Waals surface area contributed by atoms with Gasteiger partial charge in [0.15, 0.2) is 10.1 Å². The molecule has 4 aromatic rings. The van der Waals surface area contributed by atoms with Crippen molar-refractivity contribution in [2.75, 3.05) is 26.2 Å². The number of rotatable bonds is 6. The molecule has 0 N–H and O–H groups in total. The number of carbonyl (C=O) groups excluding carboxylic acids is 1. The molecule has 0 radical (unpaired) electrons. The number of hydrogen-bond donors (Lipinski definition) is 0. The van der Waals surface area contributed by atoms with Gasteiger partial charge in [-0.2, -0.15) is 0 Å². The van der Waals surface area contributed by atoms with Crippen molar-refractivity contribution in [3.8, 4) is 0 Å². The highest BCUT2D eigenvalue weighted by molar-refractivity contribution is 8.00. The molecule has 1 aliphatic heterocycles. The monoisotopic (exact) mass is 498 g/mol. The van der Waals surface area contributed by atoms with Crippen LogP contribution in [0.5, 0.6) is 0 Å². The second-order valence-electron chi connectivity index (χ2n) is 7.98. The van der Waals surface area contributed by atoms with Crippen LogP contribution in [-0.2, 0) is 12.3 Å². The van der Waals surface area contributed by atoms with Crippen molar-refractivity contribution in [3.63, 3.8) is 0 Å². The third-order valence-electron chi connectivity index (χ3n) is 5.69. The number of fused-ring (bicyclic) bond motifs is 1. The van der Waals surface area contributed by atoms with Crippen molar-refractivity contribution >= 4 is 51.6 Å². The first-order valence-electron chi connectivity index (χ1n) is 10.8. The Morgan fingerprint density at radius 3 is 2.70 bits per heavy atom. The van der Waals surface area contributed by atoms with Crippen LogP contribution in [0.4, 0.5) is 0 Å². The third kappa shape index (κ3) is 5.09. The summed E-state index contributed by atoms with van der Waals surface area (Å²) in [5.41, 5.74) is 2.85. The van der Waals surface area contributed by atoms with Crippen molar-refractivity contribution < 1.29 is 9.21 Å². The SMILES string of the molecule is Cc1nnc(SCc2c(C(=O)N3CCN(Cc4cccc(Cl)c4)CC3)oc3ccccc23)s1. The van der Waals surface area contributed by atoms with Gasteiger partial charge in [-0.1, -0.05) is 65.0 Å². The fourth-order valence-electron chi connectivity index (χ4n) is 4.03. The molecule has 2 aromatic heterocycles. The van der Waals surface area contributed by atoms with Crippen LogP contribution in [0.2, 0.25) is 5.02 Å². The van der Waals surface area contributed by atoms with Gasteiger partial charge in [0.2, 0.25) is 0 Å². The van der Waals surface area contributed by atoms with Gasteiger partial charge >= 0.3 is 0 Å². The first-order chi connectivity index (χ1) is 16.1. The van der Waals surface area contributed by atoms with Crippen LogP contribution in [0, 0.1) is 6.92 Å². The quantitative estimate of drug-likeness (QED) is 0.327. The zero-order valence-electron chi connectivity index (χ0n) is 18.2. The van der Waals surface area contributed by atoms with Crippen LogP contribution >= 0.6 is 34.7 Å². The van der Waals surface area contributed by atoms with Crippen molar-refractivity contribution in [3.05, 3.63) is 75.4 Å². The minimum Gasteiger partial charge on any atom is -0.451 e. The lowest BCUT2D eigenvalue weighted by Crippen LogP contribution is -2.48. The van der Waals surface area contributed by atoms with E-state index in [4.69, 9.17) is 16.0 Å². The molecule has 170 valence electrons.